The number of likely N-dealkylation sites (tertiary alicyclic amines) is 1. The van der Waals surface area contributed by atoms with Crippen LogP contribution in [0.15, 0.2) is 42.5 Å². The van der Waals surface area contributed by atoms with Crippen LogP contribution in [0, 0.1) is 0 Å². The van der Waals surface area contributed by atoms with Crippen molar-refractivity contribution in [1.82, 2.24) is 15.5 Å². The van der Waals surface area contributed by atoms with Gasteiger partial charge in [0, 0.05) is 31.3 Å². The second kappa shape index (κ2) is 11.9. The van der Waals surface area contributed by atoms with E-state index in [1.54, 1.807) is 0 Å². The molecule has 2 aliphatic heterocycles. The van der Waals surface area contributed by atoms with Crippen molar-refractivity contribution in [2.24, 2.45) is 0 Å². The van der Waals surface area contributed by atoms with Crippen molar-refractivity contribution >= 4 is 11.8 Å². The van der Waals surface area contributed by atoms with Crippen LogP contribution >= 0.6 is 0 Å². The third-order valence-electron chi connectivity index (χ3n) is 8.09. The Morgan fingerprint density at radius 1 is 1.10 bits per heavy atom. The Balaban J connectivity index is 1.14. The molecule has 5 rings (SSSR count). The van der Waals surface area contributed by atoms with Crippen LogP contribution < -0.4 is 20.1 Å². The summed E-state index contributed by atoms with van der Waals surface area (Å²) in [6.07, 6.45) is -2.15. The van der Waals surface area contributed by atoms with Gasteiger partial charge in [-0.25, -0.2) is 0 Å². The number of halogens is 3. The Labute approximate surface area is 235 Å². The van der Waals surface area contributed by atoms with Crippen LogP contribution in [0.2, 0.25) is 0 Å². The Morgan fingerprint density at radius 3 is 2.59 bits per heavy atom. The molecule has 0 bridgehead atoms. The van der Waals surface area contributed by atoms with E-state index in [0.717, 1.165) is 36.6 Å². The van der Waals surface area contributed by atoms with E-state index in [4.69, 9.17) is 14.2 Å². The van der Waals surface area contributed by atoms with E-state index in [2.05, 4.69) is 15.5 Å². The molecule has 222 valence electrons. The van der Waals surface area contributed by atoms with Crippen LogP contribution in [-0.2, 0) is 21.3 Å². The number of nitrogens with one attached hydrogen (secondary N) is 2. The lowest BCUT2D eigenvalue weighted by Crippen LogP contribution is -2.48. The molecule has 1 saturated carbocycles. The molecule has 9 nitrogen and oxygen atoms in total. The van der Waals surface area contributed by atoms with Gasteiger partial charge in [0.2, 0.25) is 12.7 Å². The van der Waals surface area contributed by atoms with E-state index in [0.29, 0.717) is 44.0 Å². The summed E-state index contributed by atoms with van der Waals surface area (Å²) in [6, 6.07) is 9.49. The van der Waals surface area contributed by atoms with Gasteiger partial charge in [0.1, 0.15) is 0 Å². The van der Waals surface area contributed by atoms with E-state index in [1.165, 1.54) is 6.07 Å². The first-order valence-corrected chi connectivity index (χ1v) is 13.8. The normalized spacial score (nSPS) is 26.1. The number of alkyl halides is 3. The first-order valence-electron chi connectivity index (χ1n) is 13.8. The highest BCUT2D eigenvalue weighted by atomic mass is 19.4. The second-order valence-electron chi connectivity index (χ2n) is 10.7. The number of amides is 2. The van der Waals surface area contributed by atoms with E-state index in [9.17, 15) is 27.9 Å². The van der Waals surface area contributed by atoms with E-state index >= 15 is 0 Å². The fourth-order valence-electron chi connectivity index (χ4n) is 5.90. The molecule has 3 aliphatic rings. The van der Waals surface area contributed by atoms with Gasteiger partial charge in [0.15, 0.2) is 11.5 Å². The monoisotopic (exact) mass is 577 g/mol. The largest absolute Gasteiger partial charge is 0.454 e. The molecule has 0 radical (unpaired) electrons. The number of hydrogen-bond donors (Lipinski definition) is 3. The second-order valence-corrected chi connectivity index (χ2v) is 10.7. The highest BCUT2D eigenvalue weighted by Crippen LogP contribution is 2.43. The number of ether oxygens (including phenoxy) is 3. The minimum absolute atomic E-state index is 0.176. The van der Waals surface area contributed by atoms with Crippen LogP contribution in [-0.4, -0.2) is 73.0 Å². The molecule has 41 heavy (non-hydrogen) atoms. The van der Waals surface area contributed by atoms with Crippen molar-refractivity contribution in [2.75, 3.05) is 33.0 Å². The average Bonchev–Trinajstić information content (AvgIpc) is 3.58. The summed E-state index contributed by atoms with van der Waals surface area (Å²) in [5.41, 5.74) is -1.25. The fraction of sp³-hybridized carbons (Fsp3) is 0.517. The van der Waals surface area contributed by atoms with Gasteiger partial charge in [-0.05, 0) is 68.5 Å². The van der Waals surface area contributed by atoms with Crippen LogP contribution in [0.4, 0.5) is 13.2 Å². The lowest BCUT2D eigenvalue weighted by molar-refractivity contribution is -0.137. The Bertz CT molecular complexity index is 1260. The molecular formula is C29H34F3N3O6. The number of carbonyl (C=O) groups excluding carboxylic acids is 2. The molecule has 0 spiro atoms. The van der Waals surface area contributed by atoms with Crippen molar-refractivity contribution in [1.29, 1.82) is 0 Å². The zero-order chi connectivity index (χ0) is 29.2. The summed E-state index contributed by atoms with van der Waals surface area (Å²) in [5, 5.41) is 16.7. The summed E-state index contributed by atoms with van der Waals surface area (Å²) in [4.78, 5) is 27.3. The first-order chi connectivity index (χ1) is 19.6. The van der Waals surface area contributed by atoms with Gasteiger partial charge < -0.3 is 30.0 Å². The number of carbonyl (C=O) groups is 2. The Morgan fingerprint density at radius 2 is 1.85 bits per heavy atom. The summed E-state index contributed by atoms with van der Waals surface area (Å²) in [5.74, 6) is 0.0932. The molecule has 2 amide bonds. The lowest BCUT2D eigenvalue weighted by Gasteiger charge is -2.40. The van der Waals surface area contributed by atoms with Crippen LogP contribution in [0.25, 0.3) is 0 Å². The van der Waals surface area contributed by atoms with Gasteiger partial charge in [-0.15, -0.1) is 0 Å². The molecule has 1 saturated heterocycles. The maximum absolute atomic E-state index is 13.0. The minimum atomic E-state index is -4.57. The average molecular weight is 578 g/mol. The molecule has 2 aromatic rings. The maximum Gasteiger partial charge on any atom is 0.416 e. The van der Waals surface area contributed by atoms with E-state index in [-0.39, 0.29) is 37.1 Å². The minimum Gasteiger partial charge on any atom is -0.454 e. The number of nitrogens with zero attached hydrogens (tertiary/aromatic N) is 1. The van der Waals surface area contributed by atoms with Crippen molar-refractivity contribution in [2.45, 2.75) is 62.6 Å². The molecule has 2 fully saturated rings. The van der Waals surface area contributed by atoms with Crippen LogP contribution in [0.5, 0.6) is 11.5 Å². The summed E-state index contributed by atoms with van der Waals surface area (Å²) < 4.78 is 55.6. The number of fused-ring (bicyclic) bond motifs is 1. The zero-order valence-corrected chi connectivity index (χ0v) is 22.7. The molecule has 0 unspecified atom stereocenters. The predicted octanol–water partition coefficient (Wildman–Crippen LogP) is 3.20. The summed E-state index contributed by atoms with van der Waals surface area (Å²) >= 11 is 0. The molecule has 3 N–H and O–H groups in total. The van der Waals surface area contributed by atoms with Crippen LogP contribution in [0.1, 0.15) is 54.1 Å². The molecule has 0 aromatic heterocycles. The predicted molar refractivity (Wildman–Crippen MR) is 141 cm³/mol. The van der Waals surface area contributed by atoms with Gasteiger partial charge in [-0.3, -0.25) is 14.5 Å². The van der Waals surface area contributed by atoms with Crippen molar-refractivity contribution < 1.29 is 42.1 Å². The molecular weight excluding hydrogens is 543 g/mol. The van der Waals surface area contributed by atoms with E-state index in [1.807, 2.05) is 25.1 Å². The fourth-order valence-corrected chi connectivity index (χ4v) is 5.90. The van der Waals surface area contributed by atoms with Gasteiger partial charge in [0.05, 0.1) is 29.9 Å². The Hall–Kier alpha value is -3.35. The first kappa shape index (κ1) is 29.2. The van der Waals surface area contributed by atoms with Crippen molar-refractivity contribution in [3.8, 4) is 11.5 Å². The molecule has 12 heteroatoms. The number of benzene rings is 2. The summed E-state index contributed by atoms with van der Waals surface area (Å²) in [7, 11) is 0. The summed E-state index contributed by atoms with van der Waals surface area (Å²) in [6.45, 7) is 3.30. The quantitative estimate of drug-likeness (QED) is 0.442. The van der Waals surface area contributed by atoms with Gasteiger partial charge >= 0.3 is 6.18 Å². The SMILES string of the molecule is CCO[C@H]1CN(C2CCC(O)(c3ccc4c(c3)OCO4)CC2)C[C@@H]1NC(=O)CNC(=O)c1cccc(C(F)(F)F)c1. The lowest BCUT2D eigenvalue weighted by atomic mass is 9.77. The third-order valence-corrected chi connectivity index (χ3v) is 8.09. The smallest absolute Gasteiger partial charge is 0.416 e. The molecule has 2 aromatic carbocycles. The third kappa shape index (κ3) is 6.60. The zero-order valence-electron chi connectivity index (χ0n) is 22.7. The van der Waals surface area contributed by atoms with Gasteiger partial charge in [-0.2, -0.15) is 13.2 Å². The maximum atomic E-state index is 13.0. The molecule has 2 heterocycles. The van der Waals surface area contributed by atoms with Crippen molar-refractivity contribution in [3.05, 3.63) is 59.2 Å². The number of rotatable bonds is 8. The topological polar surface area (TPSA) is 109 Å². The van der Waals surface area contributed by atoms with Gasteiger partial charge in [0.25, 0.3) is 5.91 Å². The molecule has 2 atom stereocenters. The van der Waals surface area contributed by atoms with E-state index < -0.39 is 29.2 Å². The van der Waals surface area contributed by atoms with Crippen molar-refractivity contribution in [3.63, 3.8) is 0 Å². The Kier molecular flexibility index (Phi) is 8.44. The van der Waals surface area contributed by atoms with Crippen LogP contribution in [0.3, 0.4) is 0 Å². The standard InChI is InChI=1S/C29H34F3N3O6/c1-2-39-25-16-35(21-8-10-28(38,11-9-21)19-6-7-23-24(13-19)41-17-40-23)15-22(25)34-26(36)14-33-27(37)18-4-3-5-20(12-18)29(30,31)32/h3-7,12-13,21-22,25,38H,2,8-11,14-17H2,1H3,(H,33,37)(H,34,36)/t21?,22-,25-,28?/m0/s1. The highest BCUT2D eigenvalue weighted by Gasteiger charge is 2.42. The highest BCUT2D eigenvalue weighted by molar-refractivity contribution is 5.96. The van der Waals surface area contributed by atoms with Gasteiger partial charge in [-0.1, -0.05) is 12.1 Å². The number of hydrogen-bond acceptors (Lipinski definition) is 7. The molecule has 1 aliphatic carbocycles. The number of aliphatic hydroxyl groups is 1.